The van der Waals surface area contributed by atoms with E-state index in [4.69, 9.17) is 18.9 Å². The van der Waals surface area contributed by atoms with Gasteiger partial charge in [0, 0.05) is 0 Å². The standard InChI is InChI=1S/C29H26O11/c1-35-25(30)16-19-8-10-21(11-9-19)26(31)37-17-24(39-28(33)20-6-4-3-5-7-20)18-38-27(32)22-12-14-23(15-13-22)40-29(34)36-2/h3-15,24H,16-18H2,1-2H3. The molecule has 0 saturated heterocycles. The van der Waals surface area contributed by atoms with Crippen molar-refractivity contribution in [3.8, 4) is 5.75 Å². The third-order valence-corrected chi connectivity index (χ3v) is 5.31. The maximum atomic E-state index is 12.6. The van der Waals surface area contributed by atoms with Crippen LogP contribution in [0.5, 0.6) is 5.75 Å². The zero-order valence-corrected chi connectivity index (χ0v) is 21.7. The number of hydrogen-bond acceptors (Lipinski definition) is 11. The van der Waals surface area contributed by atoms with Crippen LogP contribution < -0.4 is 4.74 Å². The molecule has 0 bridgehead atoms. The van der Waals surface area contributed by atoms with Crippen LogP contribution in [-0.2, 0) is 34.9 Å². The molecule has 0 spiro atoms. The molecule has 11 heteroatoms. The van der Waals surface area contributed by atoms with E-state index in [1.165, 1.54) is 43.5 Å². The molecule has 1 unspecified atom stereocenters. The zero-order chi connectivity index (χ0) is 28.9. The highest BCUT2D eigenvalue weighted by molar-refractivity contribution is 5.91. The molecule has 0 radical (unpaired) electrons. The van der Waals surface area contributed by atoms with Crippen LogP contribution in [0.3, 0.4) is 0 Å². The highest BCUT2D eigenvalue weighted by Crippen LogP contribution is 2.15. The summed E-state index contributed by atoms with van der Waals surface area (Å²) in [7, 11) is 2.44. The fraction of sp³-hybridized carbons (Fsp3) is 0.207. The van der Waals surface area contributed by atoms with Gasteiger partial charge in [-0.25, -0.2) is 19.2 Å². The molecule has 0 fully saturated rings. The average Bonchev–Trinajstić information content (AvgIpc) is 2.99. The molecule has 11 nitrogen and oxygen atoms in total. The van der Waals surface area contributed by atoms with Gasteiger partial charge in [0.15, 0.2) is 6.10 Å². The van der Waals surface area contributed by atoms with Gasteiger partial charge in [0.2, 0.25) is 0 Å². The minimum atomic E-state index is -1.12. The molecule has 0 amide bonds. The van der Waals surface area contributed by atoms with Gasteiger partial charge in [0.25, 0.3) is 0 Å². The number of esters is 4. The van der Waals surface area contributed by atoms with Gasteiger partial charge in [-0.3, -0.25) is 4.79 Å². The van der Waals surface area contributed by atoms with Crippen molar-refractivity contribution in [3.05, 3.63) is 101 Å². The largest absolute Gasteiger partial charge is 0.513 e. The summed E-state index contributed by atoms with van der Waals surface area (Å²) in [5.41, 5.74) is 1.24. The van der Waals surface area contributed by atoms with Gasteiger partial charge in [-0.1, -0.05) is 30.3 Å². The zero-order valence-electron chi connectivity index (χ0n) is 21.7. The monoisotopic (exact) mass is 550 g/mol. The maximum Gasteiger partial charge on any atom is 0.513 e. The van der Waals surface area contributed by atoms with Crippen molar-refractivity contribution in [3.63, 3.8) is 0 Å². The molecule has 0 saturated carbocycles. The van der Waals surface area contributed by atoms with E-state index in [9.17, 15) is 24.0 Å². The Hall–Kier alpha value is -5.19. The van der Waals surface area contributed by atoms with Crippen molar-refractivity contribution in [2.45, 2.75) is 12.5 Å². The first-order chi connectivity index (χ1) is 19.3. The van der Waals surface area contributed by atoms with Gasteiger partial charge in [0.05, 0.1) is 37.3 Å². The summed E-state index contributed by atoms with van der Waals surface area (Å²) < 4.78 is 29.9. The summed E-state index contributed by atoms with van der Waals surface area (Å²) in [4.78, 5) is 60.3. The second kappa shape index (κ2) is 14.7. The lowest BCUT2D eigenvalue weighted by Crippen LogP contribution is -2.31. The van der Waals surface area contributed by atoms with Gasteiger partial charge in [-0.15, -0.1) is 0 Å². The van der Waals surface area contributed by atoms with Crippen LogP contribution in [0.25, 0.3) is 0 Å². The van der Waals surface area contributed by atoms with Crippen LogP contribution in [0.2, 0.25) is 0 Å². The van der Waals surface area contributed by atoms with Crippen LogP contribution in [0.1, 0.15) is 36.6 Å². The second-order valence-corrected chi connectivity index (χ2v) is 8.12. The van der Waals surface area contributed by atoms with E-state index in [0.29, 0.717) is 5.56 Å². The molecule has 3 aromatic carbocycles. The lowest BCUT2D eigenvalue weighted by atomic mass is 10.1. The van der Waals surface area contributed by atoms with Crippen LogP contribution >= 0.6 is 0 Å². The number of methoxy groups -OCH3 is 2. The molecule has 3 aromatic rings. The van der Waals surface area contributed by atoms with E-state index in [0.717, 1.165) is 7.11 Å². The van der Waals surface area contributed by atoms with Crippen LogP contribution in [0.15, 0.2) is 78.9 Å². The van der Waals surface area contributed by atoms with Crippen molar-refractivity contribution in [1.82, 2.24) is 0 Å². The first-order valence-electron chi connectivity index (χ1n) is 11.9. The second-order valence-electron chi connectivity index (χ2n) is 8.12. The predicted molar refractivity (Wildman–Crippen MR) is 138 cm³/mol. The molecule has 1 atom stereocenters. The quantitative estimate of drug-likeness (QED) is 0.196. The van der Waals surface area contributed by atoms with E-state index in [-0.39, 0.29) is 28.9 Å². The van der Waals surface area contributed by atoms with Gasteiger partial charge in [-0.05, 0) is 54.1 Å². The third kappa shape index (κ3) is 8.98. The Labute approximate surface area is 229 Å². The summed E-state index contributed by atoms with van der Waals surface area (Å²) in [5.74, 6) is -2.42. The van der Waals surface area contributed by atoms with Crippen molar-refractivity contribution < 1.29 is 52.4 Å². The average molecular weight is 551 g/mol. The Bertz CT molecular complexity index is 1240. The van der Waals surface area contributed by atoms with E-state index < -0.39 is 49.4 Å². The number of hydrogen-bond donors (Lipinski definition) is 0. The molecule has 208 valence electrons. The summed E-state index contributed by atoms with van der Waals surface area (Å²) in [6, 6.07) is 19.8. The van der Waals surface area contributed by atoms with Crippen molar-refractivity contribution in [2.24, 2.45) is 0 Å². The van der Waals surface area contributed by atoms with Crippen molar-refractivity contribution in [1.29, 1.82) is 0 Å². The summed E-state index contributed by atoms with van der Waals surface area (Å²) in [5, 5.41) is 0. The summed E-state index contributed by atoms with van der Waals surface area (Å²) in [6.07, 6.45) is -1.98. The molecule has 3 rings (SSSR count). The number of benzene rings is 3. The molecule has 40 heavy (non-hydrogen) atoms. The normalized spacial score (nSPS) is 10.9. The van der Waals surface area contributed by atoms with Gasteiger partial charge in [0.1, 0.15) is 19.0 Å². The molecule has 0 heterocycles. The summed E-state index contributed by atoms with van der Waals surface area (Å²) in [6.45, 7) is -0.816. The minimum Gasteiger partial charge on any atom is -0.469 e. The molecular formula is C29H26O11. The molecular weight excluding hydrogens is 524 g/mol. The molecule has 0 aromatic heterocycles. The molecule has 0 aliphatic rings. The predicted octanol–water partition coefficient (Wildman–Crippen LogP) is 3.79. The lowest BCUT2D eigenvalue weighted by molar-refractivity contribution is -0.139. The number of carbonyl (C=O) groups excluding carboxylic acids is 5. The highest BCUT2D eigenvalue weighted by atomic mass is 16.7. The third-order valence-electron chi connectivity index (χ3n) is 5.31. The van der Waals surface area contributed by atoms with E-state index in [2.05, 4.69) is 9.47 Å². The van der Waals surface area contributed by atoms with Gasteiger partial charge in [-0.2, -0.15) is 0 Å². The van der Waals surface area contributed by atoms with Crippen LogP contribution in [-0.4, -0.2) is 63.6 Å². The molecule has 0 aliphatic carbocycles. The number of ether oxygens (including phenoxy) is 6. The molecule has 0 N–H and O–H groups in total. The van der Waals surface area contributed by atoms with Crippen LogP contribution in [0.4, 0.5) is 4.79 Å². The Morgan fingerprint density at radius 1 is 0.625 bits per heavy atom. The first-order valence-corrected chi connectivity index (χ1v) is 11.9. The van der Waals surface area contributed by atoms with E-state index in [1.807, 2.05) is 0 Å². The van der Waals surface area contributed by atoms with Gasteiger partial charge >= 0.3 is 30.0 Å². The van der Waals surface area contributed by atoms with E-state index in [1.54, 1.807) is 42.5 Å². The SMILES string of the molecule is COC(=O)Cc1ccc(C(=O)OCC(COC(=O)c2ccc(OC(=O)OC)cc2)OC(=O)c2ccccc2)cc1. The lowest BCUT2D eigenvalue weighted by Gasteiger charge is -2.18. The highest BCUT2D eigenvalue weighted by Gasteiger charge is 2.22. The van der Waals surface area contributed by atoms with E-state index >= 15 is 0 Å². The Morgan fingerprint density at radius 2 is 1.15 bits per heavy atom. The summed E-state index contributed by atoms with van der Waals surface area (Å²) >= 11 is 0. The van der Waals surface area contributed by atoms with Crippen molar-refractivity contribution >= 4 is 30.0 Å². The fourth-order valence-electron chi connectivity index (χ4n) is 3.21. The maximum absolute atomic E-state index is 12.6. The van der Waals surface area contributed by atoms with Crippen LogP contribution in [0, 0.1) is 0 Å². The van der Waals surface area contributed by atoms with Gasteiger partial charge < -0.3 is 28.4 Å². The number of carbonyl (C=O) groups is 5. The first kappa shape index (κ1) is 29.4. The Kier molecular flexibility index (Phi) is 10.8. The molecule has 0 aliphatic heterocycles. The fourth-order valence-corrected chi connectivity index (χ4v) is 3.21. The topological polar surface area (TPSA) is 141 Å². The van der Waals surface area contributed by atoms with Crippen molar-refractivity contribution in [2.75, 3.05) is 27.4 Å². The Morgan fingerprint density at radius 3 is 1.68 bits per heavy atom. The minimum absolute atomic E-state index is 0.0513. The smallest absolute Gasteiger partial charge is 0.469 e. The Balaban J connectivity index is 1.63. The number of rotatable bonds is 11.